The van der Waals surface area contributed by atoms with Crippen LogP contribution in [0.1, 0.15) is 5.56 Å². The molecule has 2 aromatic rings. The largest absolute Gasteiger partial charge is 0.457 e. The van der Waals surface area contributed by atoms with E-state index in [2.05, 4.69) is 6.07 Å². The van der Waals surface area contributed by atoms with Gasteiger partial charge in [0.2, 0.25) is 0 Å². The highest BCUT2D eigenvalue weighted by Crippen LogP contribution is 2.21. The number of hydrogen-bond donors (Lipinski definition) is 0. The van der Waals surface area contributed by atoms with Crippen LogP contribution in [0.4, 0.5) is 4.39 Å². The van der Waals surface area contributed by atoms with E-state index in [1.165, 1.54) is 12.1 Å². The number of hydrogen-bond acceptors (Lipinski definition) is 1. The lowest BCUT2D eigenvalue weighted by Gasteiger charge is -2.05. The molecule has 0 aliphatic carbocycles. The molecule has 75 valence electrons. The molecule has 0 saturated heterocycles. The predicted molar refractivity (Wildman–Crippen MR) is 56.5 cm³/mol. The smallest absolute Gasteiger partial charge is 0.127 e. The lowest BCUT2D eigenvalue weighted by Crippen LogP contribution is -1.84. The van der Waals surface area contributed by atoms with Gasteiger partial charge >= 0.3 is 0 Å². The highest BCUT2D eigenvalue weighted by molar-refractivity contribution is 5.32. The van der Waals surface area contributed by atoms with Crippen LogP contribution in [0.5, 0.6) is 11.5 Å². The van der Waals surface area contributed by atoms with Crippen molar-refractivity contribution in [1.82, 2.24) is 0 Å². The van der Waals surface area contributed by atoms with E-state index >= 15 is 0 Å². The van der Waals surface area contributed by atoms with Gasteiger partial charge in [-0.2, -0.15) is 0 Å². The second-order valence-electron chi connectivity index (χ2n) is 3.26. The minimum atomic E-state index is -0.264. The molecular formula is C13H10FO. The molecule has 0 atom stereocenters. The van der Waals surface area contributed by atoms with Crippen molar-refractivity contribution >= 4 is 0 Å². The molecule has 0 N–H and O–H groups in total. The van der Waals surface area contributed by atoms with Gasteiger partial charge < -0.3 is 4.74 Å². The molecule has 1 radical (unpaired) electrons. The summed E-state index contributed by atoms with van der Waals surface area (Å²) < 4.78 is 18.2. The zero-order valence-corrected chi connectivity index (χ0v) is 8.33. The Morgan fingerprint density at radius 3 is 2.47 bits per heavy atom. The molecule has 0 bridgehead atoms. The second-order valence-corrected chi connectivity index (χ2v) is 3.26. The van der Waals surface area contributed by atoms with Gasteiger partial charge in [0.05, 0.1) is 0 Å². The SMILES string of the molecule is Cc1[c]ccc(Oc2ccc(F)cc2)c1. The van der Waals surface area contributed by atoms with Crippen LogP contribution in [0, 0.1) is 18.8 Å². The first-order valence-corrected chi connectivity index (χ1v) is 4.66. The van der Waals surface area contributed by atoms with Crippen LogP contribution < -0.4 is 4.74 Å². The van der Waals surface area contributed by atoms with Gasteiger partial charge in [-0.3, -0.25) is 0 Å². The number of halogens is 1. The van der Waals surface area contributed by atoms with E-state index in [-0.39, 0.29) is 5.82 Å². The number of rotatable bonds is 2. The van der Waals surface area contributed by atoms with Gasteiger partial charge in [-0.25, -0.2) is 4.39 Å². The Kier molecular flexibility index (Phi) is 2.68. The molecule has 0 aromatic heterocycles. The Morgan fingerprint density at radius 1 is 1.07 bits per heavy atom. The van der Waals surface area contributed by atoms with Crippen LogP contribution in [0.2, 0.25) is 0 Å². The maximum atomic E-state index is 12.6. The molecule has 0 heterocycles. The molecule has 15 heavy (non-hydrogen) atoms. The summed E-state index contributed by atoms with van der Waals surface area (Å²) in [7, 11) is 0. The molecule has 0 spiro atoms. The first-order valence-electron chi connectivity index (χ1n) is 4.66. The molecule has 2 aromatic carbocycles. The zero-order chi connectivity index (χ0) is 10.7. The van der Waals surface area contributed by atoms with E-state index in [4.69, 9.17) is 4.74 Å². The summed E-state index contributed by atoms with van der Waals surface area (Å²) in [5.74, 6) is 1.10. The quantitative estimate of drug-likeness (QED) is 0.719. The monoisotopic (exact) mass is 201 g/mol. The third-order valence-electron chi connectivity index (χ3n) is 1.97. The summed E-state index contributed by atoms with van der Waals surface area (Å²) in [5, 5.41) is 0. The average Bonchev–Trinajstić information content (AvgIpc) is 2.22. The Labute approximate surface area is 88.1 Å². The average molecular weight is 201 g/mol. The lowest BCUT2D eigenvalue weighted by atomic mass is 10.2. The molecule has 0 unspecified atom stereocenters. The maximum Gasteiger partial charge on any atom is 0.127 e. The molecule has 0 fully saturated rings. The van der Waals surface area contributed by atoms with E-state index in [0.717, 1.165) is 11.3 Å². The summed E-state index contributed by atoms with van der Waals surface area (Å²) in [6.07, 6.45) is 0. The van der Waals surface area contributed by atoms with Gasteiger partial charge in [0, 0.05) is 0 Å². The van der Waals surface area contributed by atoms with Gasteiger partial charge in [-0.1, -0.05) is 6.07 Å². The third-order valence-corrected chi connectivity index (χ3v) is 1.97. The summed E-state index contributed by atoms with van der Waals surface area (Å²) in [4.78, 5) is 0. The minimum Gasteiger partial charge on any atom is -0.457 e. The molecule has 0 aliphatic heterocycles. The fourth-order valence-electron chi connectivity index (χ4n) is 1.26. The Balaban J connectivity index is 2.18. The fourth-order valence-corrected chi connectivity index (χ4v) is 1.26. The first kappa shape index (κ1) is 9.71. The number of ether oxygens (including phenoxy) is 1. The van der Waals surface area contributed by atoms with E-state index in [9.17, 15) is 4.39 Å². The Bertz CT molecular complexity index is 448. The molecule has 2 rings (SSSR count). The number of aryl methyl sites for hydroxylation is 1. The normalized spacial score (nSPS) is 10.0. The topological polar surface area (TPSA) is 9.23 Å². The van der Waals surface area contributed by atoms with Gasteiger partial charge in [0.15, 0.2) is 0 Å². The van der Waals surface area contributed by atoms with Crippen molar-refractivity contribution in [2.24, 2.45) is 0 Å². The highest BCUT2D eigenvalue weighted by atomic mass is 19.1. The predicted octanol–water partition coefficient (Wildman–Crippen LogP) is 3.73. The van der Waals surface area contributed by atoms with Crippen molar-refractivity contribution in [2.75, 3.05) is 0 Å². The van der Waals surface area contributed by atoms with Crippen molar-refractivity contribution in [1.29, 1.82) is 0 Å². The van der Waals surface area contributed by atoms with E-state index in [1.54, 1.807) is 18.2 Å². The molecule has 0 saturated carbocycles. The van der Waals surface area contributed by atoms with Crippen LogP contribution >= 0.6 is 0 Å². The maximum absolute atomic E-state index is 12.6. The summed E-state index contributed by atoms with van der Waals surface area (Å²) in [6.45, 7) is 1.94. The van der Waals surface area contributed by atoms with Crippen LogP contribution in [0.25, 0.3) is 0 Å². The van der Waals surface area contributed by atoms with Crippen molar-refractivity contribution in [2.45, 2.75) is 6.92 Å². The Hall–Kier alpha value is -1.83. The minimum absolute atomic E-state index is 0.264. The Morgan fingerprint density at radius 2 is 1.80 bits per heavy atom. The summed E-state index contributed by atoms with van der Waals surface area (Å²) >= 11 is 0. The molecule has 0 aliphatic rings. The van der Waals surface area contributed by atoms with E-state index < -0.39 is 0 Å². The van der Waals surface area contributed by atoms with Crippen LogP contribution in [-0.4, -0.2) is 0 Å². The van der Waals surface area contributed by atoms with Crippen LogP contribution in [0.15, 0.2) is 42.5 Å². The lowest BCUT2D eigenvalue weighted by molar-refractivity contribution is 0.480. The van der Waals surface area contributed by atoms with Gasteiger partial charge in [0.1, 0.15) is 17.3 Å². The molecule has 1 nitrogen and oxygen atoms in total. The van der Waals surface area contributed by atoms with Gasteiger partial charge in [-0.05, 0) is 55.0 Å². The van der Waals surface area contributed by atoms with E-state index in [1.807, 2.05) is 19.1 Å². The third kappa shape index (κ3) is 2.56. The van der Waals surface area contributed by atoms with Crippen molar-refractivity contribution < 1.29 is 9.13 Å². The van der Waals surface area contributed by atoms with Gasteiger partial charge in [-0.15, -0.1) is 0 Å². The molecule has 0 amide bonds. The van der Waals surface area contributed by atoms with E-state index in [0.29, 0.717) is 5.75 Å². The zero-order valence-electron chi connectivity index (χ0n) is 8.33. The highest BCUT2D eigenvalue weighted by Gasteiger charge is 1.97. The standard InChI is InChI=1S/C13H10FO/c1-10-3-2-4-13(9-10)15-12-7-5-11(14)6-8-12/h2,4-9H,1H3. The van der Waals surface area contributed by atoms with Crippen molar-refractivity contribution in [3.05, 3.63) is 59.9 Å². The fraction of sp³-hybridized carbons (Fsp3) is 0.0769. The van der Waals surface area contributed by atoms with Crippen LogP contribution in [-0.2, 0) is 0 Å². The van der Waals surface area contributed by atoms with Crippen LogP contribution in [0.3, 0.4) is 0 Å². The summed E-state index contributed by atoms with van der Waals surface area (Å²) in [5.41, 5.74) is 1.01. The molecular weight excluding hydrogens is 191 g/mol. The summed E-state index contributed by atoms with van der Waals surface area (Å²) in [6, 6.07) is 14.5. The number of benzene rings is 2. The van der Waals surface area contributed by atoms with Crippen molar-refractivity contribution in [3.63, 3.8) is 0 Å². The van der Waals surface area contributed by atoms with Crippen molar-refractivity contribution in [3.8, 4) is 11.5 Å². The molecule has 2 heteroatoms. The van der Waals surface area contributed by atoms with Gasteiger partial charge in [0.25, 0.3) is 0 Å². The second kappa shape index (κ2) is 4.13. The first-order chi connectivity index (χ1) is 7.24.